The first-order chi connectivity index (χ1) is 8.61. The molecule has 0 aliphatic heterocycles. The minimum Gasteiger partial charge on any atom is -0.495 e. The van der Waals surface area contributed by atoms with Crippen LogP contribution in [-0.4, -0.2) is 41.6 Å². The molecule has 98 valence electrons. The Bertz CT molecular complexity index is 519. The van der Waals surface area contributed by atoms with Gasteiger partial charge in [0.15, 0.2) is 0 Å². The Morgan fingerprint density at radius 2 is 2.22 bits per heavy atom. The highest BCUT2D eigenvalue weighted by atomic mass is 16.5. The summed E-state index contributed by atoms with van der Waals surface area (Å²) in [6.45, 7) is 5.46. The molecule has 4 nitrogen and oxygen atoms in total. The summed E-state index contributed by atoms with van der Waals surface area (Å²) in [5.74, 6) is 0.806. The lowest BCUT2D eigenvalue weighted by Crippen LogP contribution is -2.28. The molecule has 0 spiro atoms. The van der Waals surface area contributed by atoms with Crippen molar-refractivity contribution in [2.24, 2.45) is 0 Å². The number of hydrogen-bond donors (Lipinski definition) is 1. The Kier molecular flexibility index (Phi) is 3.87. The van der Waals surface area contributed by atoms with Gasteiger partial charge in [0.25, 0.3) is 0 Å². The van der Waals surface area contributed by atoms with Crippen molar-refractivity contribution in [1.82, 2.24) is 14.9 Å². The van der Waals surface area contributed by atoms with Crippen molar-refractivity contribution in [3.8, 4) is 5.75 Å². The van der Waals surface area contributed by atoms with E-state index in [9.17, 15) is 0 Å². The molecular formula is C14H21N3O. The third-order valence-corrected chi connectivity index (χ3v) is 3.44. The molecule has 4 heteroatoms. The topological polar surface area (TPSA) is 41.1 Å². The molecule has 0 amide bonds. The highest BCUT2D eigenvalue weighted by molar-refractivity contribution is 5.80. The van der Waals surface area contributed by atoms with Crippen LogP contribution in [0.15, 0.2) is 18.5 Å². The maximum Gasteiger partial charge on any atom is 0.137 e. The third-order valence-electron chi connectivity index (χ3n) is 3.44. The molecule has 0 aliphatic carbocycles. The van der Waals surface area contributed by atoms with Gasteiger partial charge in [-0.3, -0.25) is 0 Å². The van der Waals surface area contributed by atoms with E-state index in [4.69, 9.17) is 4.74 Å². The lowest BCUT2D eigenvalue weighted by atomic mass is 10.1. The summed E-state index contributed by atoms with van der Waals surface area (Å²) in [6, 6.07) is 2.62. The average Bonchev–Trinajstić information content (AvgIpc) is 2.77. The summed E-state index contributed by atoms with van der Waals surface area (Å²) in [5, 5.41) is 1.16. The first-order valence-corrected chi connectivity index (χ1v) is 6.32. The van der Waals surface area contributed by atoms with E-state index < -0.39 is 0 Å². The second-order valence-corrected chi connectivity index (χ2v) is 4.91. The zero-order valence-electron chi connectivity index (χ0n) is 11.5. The van der Waals surface area contributed by atoms with Gasteiger partial charge in [0.2, 0.25) is 0 Å². The van der Waals surface area contributed by atoms with Crippen LogP contribution in [0.25, 0.3) is 11.0 Å². The summed E-state index contributed by atoms with van der Waals surface area (Å²) < 4.78 is 5.22. The van der Waals surface area contributed by atoms with Crippen molar-refractivity contribution in [2.45, 2.75) is 26.3 Å². The predicted molar refractivity (Wildman–Crippen MR) is 74.1 cm³/mol. The van der Waals surface area contributed by atoms with Crippen molar-refractivity contribution in [2.75, 3.05) is 20.7 Å². The van der Waals surface area contributed by atoms with Crippen LogP contribution in [0.4, 0.5) is 0 Å². The first-order valence-electron chi connectivity index (χ1n) is 6.32. The minimum atomic E-state index is 0.572. The average molecular weight is 247 g/mol. The van der Waals surface area contributed by atoms with E-state index in [1.54, 1.807) is 13.3 Å². The number of aromatic nitrogens is 2. The van der Waals surface area contributed by atoms with Crippen LogP contribution < -0.4 is 4.74 Å². The van der Waals surface area contributed by atoms with E-state index in [0.717, 1.165) is 29.7 Å². The maximum atomic E-state index is 5.22. The minimum absolute atomic E-state index is 0.572. The van der Waals surface area contributed by atoms with Crippen LogP contribution >= 0.6 is 0 Å². The highest BCUT2D eigenvalue weighted by Gasteiger charge is 2.08. The molecule has 0 aromatic carbocycles. The monoisotopic (exact) mass is 247 g/mol. The Labute approximate surface area is 108 Å². The van der Waals surface area contributed by atoms with Crippen LogP contribution in [0.3, 0.4) is 0 Å². The summed E-state index contributed by atoms with van der Waals surface area (Å²) >= 11 is 0. The standard InChI is InChI=1S/C14H21N3O/c1-10(2)17(3)6-5-11-8-15-14-13(11)7-12(18-4)9-16-14/h7-10H,5-6H2,1-4H3,(H,15,16). The molecule has 0 radical (unpaired) electrons. The van der Waals surface area contributed by atoms with Gasteiger partial charge in [0.05, 0.1) is 13.3 Å². The number of aromatic amines is 1. The van der Waals surface area contributed by atoms with Gasteiger partial charge in [0.1, 0.15) is 11.4 Å². The number of rotatable bonds is 5. The van der Waals surface area contributed by atoms with Crippen molar-refractivity contribution >= 4 is 11.0 Å². The SMILES string of the molecule is COc1cnc2[nH]cc(CCN(C)C(C)C)c2c1. The van der Waals surface area contributed by atoms with Crippen LogP contribution in [-0.2, 0) is 6.42 Å². The number of fused-ring (bicyclic) bond motifs is 1. The number of methoxy groups -OCH3 is 1. The molecule has 0 saturated heterocycles. The van der Waals surface area contributed by atoms with Crippen LogP contribution in [0.1, 0.15) is 19.4 Å². The molecule has 0 fully saturated rings. The summed E-state index contributed by atoms with van der Waals surface area (Å²) in [5.41, 5.74) is 2.22. The van der Waals surface area contributed by atoms with Gasteiger partial charge in [-0.1, -0.05) is 0 Å². The van der Waals surface area contributed by atoms with Crippen molar-refractivity contribution in [3.63, 3.8) is 0 Å². The lowest BCUT2D eigenvalue weighted by molar-refractivity contribution is 0.278. The van der Waals surface area contributed by atoms with Gasteiger partial charge in [-0.2, -0.15) is 0 Å². The molecule has 1 N–H and O–H groups in total. The largest absolute Gasteiger partial charge is 0.495 e. The van der Waals surface area contributed by atoms with Gasteiger partial charge in [-0.25, -0.2) is 4.98 Å². The van der Waals surface area contributed by atoms with E-state index in [1.165, 1.54) is 5.56 Å². The number of nitrogens with zero attached hydrogens (tertiary/aromatic N) is 2. The van der Waals surface area contributed by atoms with Crippen LogP contribution in [0, 0.1) is 0 Å². The molecule has 18 heavy (non-hydrogen) atoms. The number of hydrogen-bond acceptors (Lipinski definition) is 3. The number of H-pyrrole nitrogens is 1. The summed E-state index contributed by atoms with van der Waals surface area (Å²) in [4.78, 5) is 9.89. The normalized spacial score (nSPS) is 11.7. The molecule has 0 bridgehead atoms. The zero-order valence-corrected chi connectivity index (χ0v) is 11.5. The third kappa shape index (κ3) is 2.64. The number of ether oxygens (including phenoxy) is 1. The zero-order chi connectivity index (χ0) is 13.1. The Morgan fingerprint density at radius 1 is 1.44 bits per heavy atom. The summed E-state index contributed by atoms with van der Waals surface area (Å²) in [6.07, 6.45) is 4.80. The molecule has 0 atom stereocenters. The second-order valence-electron chi connectivity index (χ2n) is 4.91. The van der Waals surface area contributed by atoms with E-state index in [0.29, 0.717) is 6.04 Å². The van der Waals surface area contributed by atoms with E-state index >= 15 is 0 Å². The fourth-order valence-electron chi connectivity index (χ4n) is 1.91. The maximum absolute atomic E-state index is 5.22. The number of likely N-dealkylation sites (N-methyl/N-ethyl adjacent to an activating group) is 1. The van der Waals surface area contributed by atoms with Gasteiger partial charge in [0, 0.05) is 24.2 Å². The smallest absolute Gasteiger partial charge is 0.137 e. The first kappa shape index (κ1) is 12.9. The fraction of sp³-hybridized carbons (Fsp3) is 0.500. The van der Waals surface area contributed by atoms with Gasteiger partial charge in [-0.15, -0.1) is 0 Å². The molecular weight excluding hydrogens is 226 g/mol. The van der Waals surface area contributed by atoms with Crippen molar-refractivity contribution in [3.05, 3.63) is 24.0 Å². The number of nitrogens with one attached hydrogen (secondary N) is 1. The van der Waals surface area contributed by atoms with Crippen molar-refractivity contribution < 1.29 is 4.74 Å². The molecule has 2 aromatic heterocycles. The van der Waals surface area contributed by atoms with Gasteiger partial charge in [-0.05, 0) is 38.9 Å². The second kappa shape index (κ2) is 5.40. The molecule has 0 aliphatic rings. The Hall–Kier alpha value is -1.55. The number of pyridine rings is 1. The molecule has 0 unspecified atom stereocenters. The quantitative estimate of drug-likeness (QED) is 0.882. The molecule has 2 aromatic rings. The molecule has 2 rings (SSSR count). The van der Waals surface area contributed by atoms with Crippen LogP contribution in [0.2, 0.25) is 0 Å². The molecule has 2 heterocycles. The highest BCUT2D eigenvalue weighted by Crippen LogP contribution is 2.21. The van der Waals surface area contributed by atoms with Crippen LogP contribution in [0.5, 0.6) is 5.75 Å². The lowest BCUT2D eigenvalue weighted by Gasteiger charge is -2.20. The fourth-order valence-corrected chi connectivity index (χ4v) is 1.91. The Balaban J connectivity index is 2.18. The van der Waals surface area contributed by atoms with E-state index in [2.05, 4.69) is 35.8 Å². The summed E-state index contributed by atoms with van der Waals surface area (Å²) in [7, 11) is 3.82. The van der Waals surface area contributed by atoms with Gasteiger partial charge < -0.3 is 14.6 Å². The Morgan fingerprint density at radius 3 is 2.89 bits per heavy atom. The van der Waals surface area contributed by atoms with Crippen molar-refractivity contribution in [1.29, 1.82) is 0 Å². The molecule has 0 saturated carbocycles. The predicted octanol–water partition coefficient (Wildman–Crippen LogP) is 2.45. The van der Waals surface area contributed by atoms with E-state index in [1.807, 2.05) is 12.3 Å². The van der Waals surface area contributed by atoms with E-state index in [-0.39, 0.29) is 0 Å². The van der Waals surface area contributed by atoms with Gasteiger partial charge >= 0.3 is 0 Å².